The molecule has 5 nitrogen and oxygen atoms in total. The van der Waals surface area contributed by atoms with Crippen LogP contribution in [-0.4, -0.2) is 29.7 Å². The first-order valence-corrected chi connectivity index (χ1v) is 6.96. The lowest BCUT2D eigenvalue weighted by atomic mass is 10.1. The van der Waals surface area contributed by atoms with Gasteiger partial charge in [-0.15, -0.1) is 0 Å². The molecule has 1 atom stereocenters. The van der Waals surface area contributed by atoms with Crippen molar-refractivity contribution in [2.24, 2.45) is 5.92 Å². The van der Waals surface area contributed by atoms with Crippen LogP contribution in [0.5, 0.6) is 0 Å². The summed E-state index contributed by atoms with van der Waals surface area (Å²) in [4.78, 5) is 22.8. The van der Waals surface area contributed by atoms with E-state index in [4.69, 9.17) is 5.11 Å². The second-order valence-corrected chi connectivity index (χ2v) is 5.21. The highest BCUT2D eigenvalue weighted by Crippen LogP contribution is 2.27. The molecule has 0 heterocycles. The van der Waals surface area contributed by atoms with Crippen LogP contribution in [0.1, 0.15) is 24.8 Å². The molecule has 20 heavy (non-hydrogen) atoms. The third-order valence-electron chi connectivity index (χ3n) is 3.42. The van der Waals surface area contributed by atoms with Gasteiger partial charge in [0.1, 0.15) is 6.04 Å². The highest BCUT2D eigenvalue weighted by Gasteiger charge is 2.23. The molecule has 0 aliphatic heterocycles. The number of carboxylic acid groups (broad SMARTS) is 1. The molecule has 1 fully saturated rings. The SMILES string of the molecule is O=C(NCC1CC1)N[C@@H](CCc1ccccc1)C(=O)O. The lowest BCUT2D eigenvalue weighted by Gasteiger charge is -2.15. The van der Waals surface area contributed by atoms with Gasteiger partial charge in [0.05, 0.1) is 0 Å². The summed E-state index contributed by atoms with van der Waals surface area (Å²) >= 11 is 0. The molecule has 1 aliphatic carbocycles. The number of aliphatic carboxylic acids is 1. The minimum Gasteiger partial charge on any atom is -0.480 e. The lowest BCUT2D eigenvalue weighted by Crippen LogP contribution is -2.46. The lowest BCUT2D eigenvalue weighted by molar-refractivity contribution is -0.139. The Morgan fingerprint density at radius 2 is 1.95 bits per heavy atom. The minimum absolute atomic E-state index is 0.385. The van der Waals surface area contributed by atoms with Gasteiger partial charge in [0.25, 0.3) is 0 Å². The highest BCUT2D eigenvalue weighted by molar-refractivity contribution is 5.82. The third kappa shape index (κ3) is 4.91. The largest absolute Gasteiger partial charge is 0.480 e. The van der Waals surface area contributed by atoms with E-state index >= 15 is 0 Å². The van der Waals surface area contributed by atoms with Crippen LogP contribution in [0.3, 0.4) is 0 Å². The van der Waals surface area contributed by atoms with Crippen molar-refractivity contribution in [3.05, 3.63) is 35.9 Å². The van der Waals surface area contributed by atoms with Crippen molar-refractivity contribution in [3.63, 3.8) is 0 Å². The first-order valence-electron chi connectivity index (χ1n) is 6.96. The van der Waals surface area contributed by atoms with Gasteiger partial charge in [0.15, 0.2) is 0 Å². The van der Waals surface area contributed by atoms with Crippen molar-refractivity contribution < 1.29 is 14.7 Å². The predicted molar refractivity (Wildman–Crippen MR) is 75.4 cm³/mol. The molecule has 0 saturated heterocycles. The molecule has 2 amide bonds. The second-order valence-electron chi connectivity index (χ2n) is 5.21. The van der Waals surface area contributed by atoms with Crippen molar-refractivity contribution >= 4 is 12.0 Å². The zero-order chi connectivity index (χ0) is 14.4. The van der Waals surface area contributed by atoms with E-state index < -0.39 is 18.0 Å². The van der Waals surface area contributed by atoms with Gasteiger partial charge in [-0.1, -0.05) is 30.3 Å². The van der Waals surface area contributed by atoms with E-state index in [9.17, 15) is 9.59 Å². The Hall–Kier alpha value is -2.04. The van der Waals surface area contributed by atoms with Gasteiger partial charge in [0.2, 0.25) is 0 Å². The van der Waals surface area contributed by atoms with E-state index in [2.05, 4.69) is 10.6 Å². The van der Waals surface area contributed by atoms with Crippen LogP contribution in [0.25, 0.3) is 0 Å². The Labute approximate surface area is 118 Å². The molecule has 2 rings (SSSR count). The van der Waals surface area contributed by atoms with Crippen LogP contribution in [0, 0.1) is 5.92 Å². The monoisotopic (exact) mass is 276 g/mol. The molecule has 108 valence electrons. The molecule has 1 aliphatic rings. The van der Waals surface area contributed by atoms with Crippen molar-refractivity contribution in [1.82, 2.24) is 10.6 Å². The number of nitrogens with one attached hydrogen (secondary N) is 2. The maximum atomic E-state index is 11.6. The van der Waals surface area contributed by atoms with Gasteiger partial charge in [0, 0.05) is 6.54 Å². The summed E-state index contributed by atoms with van der Waals surface area (Å²) in [5.74, 6) is -0.421. The average Bonchev–Trinajstić information content (AvgIpc) is 3.26. The van der Waals surface area contributed by atoms with E-state index in [1.807, 2.05) is 30.3 Å². The quantitative estimate of drug-likeness (QED) is 0.710. The van der Waals surface area contributed by atoms with Crippen molar-refractivity contribution in [2.45, 2.75) is 31.7 Å². The zero-order valence-electron chi connectivity index (χ0n) is 11.3. The summed E-state index contributed by atoms with van der Waals surface area (Å²) in [7, 11) is 0. The number of carbonyl (C=O) groups is 2. The van der Waals surface area contributed by atoms with Crippen LogP contribution in [0.15, 0.2) is 30.3 Å². The summed E-state index contributed by atoms with van der Waals surface area (Å²) in [6.07, 6.45) is 3.31. The van der Waals surface area contributed by atoms with Crippen molar-refractivity contribution in [2.75, 3.05) is 6.54 Å². The van der Waals surface area contributed by atoms with E-state index in [-0.39, 0.29) is 0 Å². The fraction of sp³-hybridized carbons (Fsp3) is 0.467. The number of hydrogen-bond donors (Lipinski definition) is 3. The van der Waals surface area contributed by atoms with Gasteiger partial charge in [-0.25, -0.2) is 9.59 Å². The molecule has 0 radical (unpaired) electrons. The smallest absolute Gasteiger partial charge is 0.326 e. The van der Waals surface area contributed by atoms with Crippen LogP contribution >= 0.6 is 0 Å². The number of carbonyl (C=O) groups excluding carboxylic acids is 1. The van der Waals surface area contributed by atoms with Crippen molar-refractivity contribution in [3.8, 4) is 0 Å². The topological polar surface area (TPSA) is 78.4 Å². The van der Waals surface area contributed by atoms with Crippen LogP contribution in [-0.2, 0) is 11.2 Å². The summed E-state index contributed by atoms with van der Waals surface area (Å²) in [6.45, 7) is 0.636. The summed E-state index contributed by atoms with van der Waals surface area (Å²) in [5, 5.41) is 14.4. The number of hydrogen-bond acceptors (Lipinski definition) is 2. The summed E-state index contributed by atoms with van der Waals surface area (Å²) < 4.78 is 0. The van der Waals surface area contributed by atoms with Gasteiger partial charge in [-0.3, -0.25) is 0 Å². The third-order valence-corrected chi connectivity index (χ3v) is 3.42. The number of urea groups is 1. The maximum absolute atomic E-state index is 11.6. The van der Waals surface area contributed by atoms with Gasteiger partial charge < -0.3 is 15.7 Å². The number of aryl methyl sites for hydroxylation is 1. The molecule has 0 aromatic heterocycles. The van der Waals surface area contributed by atoms with Crippen molar-refractivity contribution in [1.29, 1.82) is 0 Å². The predicted octanol–water partition coefficient (Wildman–Crippen LogP) is 1.78. The zero-order valence-corrected chi connectivity index (χ0v) is 11.3. The molecule has 0 unspecified atom stereocenters. The Balaban J connectivity index is 1.77. The number of carboxylic acids is 1. The Morgan fingerprint density at radius 1 is 1.25 bits per heavy atom. The van der Waals surface area contributed by atoms with Gasteiger partial charge in [-0.05, 0) is 37.2 Å². The minimum atomic E-state index is -0.998. The highest BCUT2D eigenvalue weighted by atomic mass is 16.4. The van der Waals surface area contributed by atoms with Gasteiger partial charge >= 0.3 is 12.0 Å². The van der Waals surface area contributed by atoms with Gasteiger partial charge in [-0.2, -0.15) is 0 Å². The maximum Gasteiger partial charge on any atom is 0.326 e. The second kappa shape index (κ2) is 6.93. The van der Waals surface area contributed by atoms with E-state index in [1.54, 1.807) is 0 Å². The molecule has 1 saturated carbocycles. The molecule has 3 N–H and O–H groups in total. The standard InChI is InChI=1S/C15H20N2O3/c18-14(19)13(9-8-11-4-2-1-3-5-11)17-15(20)16-10-12-6-7-12/h1-5,12-13H,6-10H2,(H,18,19)(H2,16,17,20)/t13-/m0/s1. The average molecular weight is 276 g/mol. The molecule has 1 aromatic carbocycles. The molecule has 0 bridgehead atoms. The number of amides is 2. The fourth-order valence-corrected chi connectivity index (χ4v) is 1.98. The normalized spacial score (nSPS) is 15.4. The Kier molecular flexibility index (Phi) is 4.98. The number of rotatable bonds is 7. The van der Waals surface area contributed by atoms with Crippen LogP contribution < -0.4 is 10.6 Å². The molecular weight excluding hydrogens is 256 g/mol. The van der Waals surface area contributed by atoms with E-state index in [1.165, 1.54) is 0 Å². The van der Waals surface area contributed by atoms with Crippen LogP contribution in [0.2, 0.25) is 0 Å². The van der Waals surface area contributed by atoms with Crippen LogP contribution in [0.4, 0.5) is 4.79 Å². The molecular formula is C15H20N2O3. The first-order chi connectivity index (χ1) is 9.65. The number of benzene rings is 1. The molecule has 5 heteroatoms. The fourth-order valence-electron chi connectivity index (χ4n) is 1.98. The summed E-state index contributed by atoms with van der Waals surface area (Å²) in [6, 6.07) is 8.41. The molecule has 0 spiro atoms. The Morgan fingerprint density at radius 3 is 2.55 bits per heavy atom. The van der Waals surface area contributed by atoms with E-state index in [0.717, 1.165) is 18.4 Å². The molecule has 1 aromatic rings. The van der Waals surface area contributed by atoms with E-state index in [0.29, 0.717) is 25.3 Å². The summed E-state index contributed by atoms with van der Waals surface area (Å²) in [5.41, 5.74) is 1.07. The first kappa shape index (κ1) is 14.4. The Bertz CT molecular complexity index is 457.